The molecule has 0 saturated heterocycles. The molecule has 0 radical (unpaired) electrons. The Labute approximate surface area is 45.2 Å². The predicted octanol–water partition coefficient (Wildman–Crippen LogP) is -3.91. The molecule has 0 saturated carbocycles. The second-order valence-corrected chi connectivity index (χ2v) is 0.575. The lowest BCUT2D eigenvalue weighted by Gasteiger charge is -1.97. The number of rotatable bonds is 0. The van der Waals surface area contributed by atoms with Crippen LogP contribution in [0.2, 0.25) is 0 Å². The van der Waals surface area contributed by atoms with Gasteiger partial charge in [0.05, 0.1) is 11.9 Å². The van der Waals surface area contributed by atoms with Crippen LogP contribution in [-0.2, 0) is 9.59 Å². The van der Waals surface area contributed by atoms with Crippen molar-refractivity contribution in [3.05, 3.63) is 0 Å². The van der Waals surface area contributed by atoms with Crippen molar-refractivity contribution < 1.29 is 24.9 Å². The molecule has 8 heavy (non-hydrogen) atoms. The van der Waals surface area contributed by atoms with Crippen LogP contribution in [0, 0.1) is 0 Å². The highest BCUT2D eigenvalue weighted by Gasteiger charge is 1.74. The Morgan fingerprint density at radius 3 is 1.25 bits per heavy atom. The lowest BCUT2D eigenvalue weighted by atomic mass is 10.7. The number of carbonyl (C=O) groups is 2. The van der Waals surface area contributed by atoms with Crippen LogP contribution >= 0.6 is 0 Å². The van der Waals surface area contributed by atoms with Gasteiger partial charge in [0, 0.05) is 7.11 Å². The monoisotopic (exact) mass is 120 g/mol. The Morgan fingerprint density at radius 2 is 1.25 bits per heavy atom. The van der Waals surface area contributed by atoms with Gasteiger partial charge in [0.1, 0.15) is 0 Å². The summed E-state index contributed by atoms with van der Waals surface area (Å²) in [6.07, 6.45) is 0. The number of aliphatic carboxylic acids is 2. The van der Waals surface area contributed by atoms with Crippen molar-refractivity contribution in [2.45, 2.75) is 0 Å². The number of carboxylic acid groups (broad SMARTS) is 2. The highest BCUT2D eigenvalue weighted by molar-refractivity contribution is 6.25. The van der Waals surface area contributed by atoms with Crippen LogP contribution < -0.4 is 10.2 Å². The van der Waals surface area contributed by atoms with Crippen LogP contribution in [-0.4, -0.2) is 24.2 Å². The molecular formula is C3H4O5-2. The van der Waals surface area contributed by atoms with Crippen LogP contribution in [0.4, 0.5) is 0 Å². The van der Waals surface area contributed by atoms with E-state index in [-0.39, 0.29) is 0 Å². The highest BCUT2D eigenvalue weighted by Crippen LogP contribution is 1.41. The average molecular weight is 120 g/mol. The molecule has 48 valence electrons. The topological polar surface area (TPSA) is 100 Å². The van der Waals surface area contributed by atoms with Gasteiger partial charge in [-0.2, -0.15) is 0 Å². The van der Waals surface area contributed by atoms with E-state index in [1.54, 1.807) is 0 Å². The average Bonchev–Trinajstić information content (AvgIpc) is 1.72. The van der Waals surface area contributed by atoms with Gasteiger partial charge in [0.25, 0.3) is 0 Å². The van der Waals surface area contributed by atoms with E-state index in [2.05, 4.69) is 0 Å². The van der Waals surface area contributed by atoms with E-state index in [0.717, 1.165) is 7.11 Å². The molecule has 0 aromatic rings. The number of hydrogen-bond acceptors (Lipinski definition) is 5. The largest absolute Gasteiger partial charge is 0.543 e. The molecule has 0 aliphatic carbocycles. The van der Waals surface area contributed by atoms with E-state index in [9.17, 15) is 0 Å². The summed E-state index contributed by atoms with van der Waals surface area (Å²) in [5.74, 6) is -4.37. The Morgan fingerprint density at radius 1 is 1.12 bits per heavy atom. The van der Waals surface area contributed by atoms with Crippen molar-refractivity contribution in [3.63, 3.8) is 0 Å². The van der Waals surface area contributed by atoms with Crippen LogP contribution in [0.5, 0.6) is 0 Å². The van der Waals surface area contributed by atoms with Crippen molar-refractivity contribution in [1.29, 1.82) is 0 Å². The Kier molecular flexibility index (Phi) is 7.38. The third-order valence-corrected chi connectivity index (χ3v) is 0.167. The maximum Gasteiger partial charge on any atom is 0.0870 e. The molecule has 0 aromatic carbocycles. The second-order valence-electron chi connectivity index (χ2n) is 0.575. The first-order valence-electron chi connectivity index (χ1n) is 1.51. The zero-order valence-corrected chi connectivity index (χ0v) is 4.08. The molecule has 1 N–H and O–H groups in total. The molecule has 0 heterocycles. The maximum atomic E-state index is 8.93. The Hall–Kier alpha value is -1.10. The lowest BCUT2D eigenvalue weighted by Crippen LogP contribution is -2.42. The molecule has 0 aliphatic rings. The first-order valence-corrected chi connectivity index (χ1v) is 1.51. The van der Waals surface area contributed by atoms with Gasteiger partial charge in [-0.3, -0.25) is 0 Å². The van der Waals surface area contributed by atoms with Crippen molar-refractivity contribution >= 4 is 11.9 Å². The van der Waals surface area contributed by atoms with Crippen molar-refractivity contribution in [2.24, 2.45) is 0 Å². The summed E-state index contributed by atoms with van der Waals surface area (Å²) >= 11 is 0. The van der Waals surface area contributed by atoms with Crippen molar-refractivity contribution in [2.75, 3.05) is 7.11 Å². The summed E-state index contributed by atoms with van der Waals surface area (Å²) in [7, 11) is 1.00. The third kappa shape index (κ3) is 8.86. The van der Waals surface area contributed by atoms with E-state index < -0.39 is 11.9 Å². The van der Waals surface area contributed by atoms with Crippen LogP contribution in [0.15, 0.2) is 0 Å². The number of carboxylic acids is 2. The summed E-state index contributed by atoms with van der Waals surface area (Å²) in [4.78, 5) is 17.9. The molecule has 0 amide bonds. The minimum Gasteiger partial charge on any atom is -0.543 e. The summed E-state index contributed by atoms with van der Waals surface area (Å²) < 4.78 is 0. The molecule has 5 heteroatoms. The molecule has 0 rings (SSSR count). The van der Waals surface area contributed by atoms with E-state index >= 15 is 0 Å². The van der Waals surface area contributed by atoms with Gasteiger partial charge in [-0.1, -0.05) is 0 Å². The van der Waals surface area contributed by atoms with Gasteiger partial charge in [0.2, 0.25) is 0 Å². The quantitative estimate of drug-likeness (QED) is 0.329. The minimum atomic E-state index is -2.19. The molecule has 0 unspecified atom stereocenters. The first kappa shape index (κ1) is 10.0. The molecular weight excluding hydrogens is 116 g/mol. The zero-order valence-electron chi connectivity index (χ0n) is 4.08. The normalized spacial score (nSPS) is 6.25. The maximum absolute atomic E-state index is 8.93. The summed E-state index contributed by atoms with van der Waals surface area (Å²) in [6, 6.07) is 0. The third-order valence-electron chi connectivity index (χ3n) is 0.167. The molecule has 5 nitrogen and oxygen atoms in total. The fourth-order valence-electron chi connectivity index (χ4n) is 0. The van der Waals surface area contributed by atoms with Gasteiger partial charge in [-0.15, -0.1) is 0 Å². The highest BCUT2D eigenvalue weighted by atomic mass is 16.4. The summed E-state index contributed by atoms with van der Waals surface area (Å²) in [5.41, 5.74) is 0. The Balaban J connectivity index is 0. The van der Waals surface area contributed by atoms with Gasteiger partial charge >= 0.3 is 0 Å². The number of aliphatic hydroxyl groups excluding tert-OH is 1. The summed E-state index contributed by atoms with van der Waals surface area (Å²) in [6.45, 7) is 0. The first-order chi connectivity index (χ1) is 3.64. The number of aliphatic hydroxyl groups is 1. The van der Waals surface area contributed by atoms with Crippen LogP contribution in [0.3, 0.4) is 0 Å². The number of hydrogen-bond donors (Lipinski definition) is 1. The fraction of sp³-hybridized carbons (Fsp3) is 0.333. The standard InChI is InChI=1S/C2H2O4.CH4O/c3-1(4)2(5)6;1-2/h(H,3,4)(H,5,6);2H,1H3/p-2. The fourth-order valence-corrected chi connectivity index (χ4v) is 0. The van der Waals surface area contributed by atoms with Crippen LogP contribution in [0.25, 0.3) is 0 Å². The van der Waals surface area contributed by atoms with Gasteiger partial charge in [-0.05, 0) is 0 Å². The van der Waals surface area contributed by atoms with Crippen LogP contribution in [0.1, 0.15) is 0 Å². The van der Waals surface area contributed by atoms with Crippen molar-refractivity contribution in [3.8, 4) is 0 Å². The SMILES string of the molecule is CO.O=C([O-])C(=O)[O-]. The predicted molar refractivity (Wildman–Crippen MR) is 18.2 cm³/mol. The molecule has 0 aromatic heterocycles. The molecule has 0 bridgehead atoms. The molecule has 0 aliphatic heterocycles. The zero-order chi connectivity index (χ0) is 7.15. The molecule has 0 spiro atoms. The Bertz CT molecular complexity index is 73.7. The summed E-state index contributed by atoms with van der Waals surface area (Å²) in [5, 5.41) is 24.9. The van der Waals surface area contributed by atoms with E-state index in [1.807, 2.05) is 0 Å². The van der Waals surface area contributed by atoms with E-state index in [0.29, 0.717) is 0 Å². The van der Waals surface area contributed by atoms with Gasteiger partial charge in [-0.25, -0.2) is 0 Å². The lowest BCUT2D eigenvalue weighted by molar-refractivity contribution is -0.345. The van der Waals surface area contributed by atoms with Gasteiger partial charge < -0.3 is 24.9 Å². The van der Waals surface area contributed by atoms with Crippen molar-refractivity contribution in [1.82, 2.24) is 0 Å². The minimum absolute atomic E-state index is 1.00. The molecule has 0 atom stereocenters. The van der Waals surface area contributed by atoms with E-state index in [1.165, 1.54) is 0 Å². The second kappa shape index (κ2) is 5.90. The number of carbonyl (C=O) groups excluding carboxylic acids is 2. The smallest absolute Gasteiger partial charge is 0.0870 e. The van der Waals surface area contributed by atoms with E-state index in [4.69, 9.17) is 24.9 Å². The van der Waals surface area contributed by atoms with Gasteiger partial charge in [0.15, 0.2) is 0 Å². The molecule has 0 fully saturated rings.